The Labute approximate surface area is 161 Å². The van der Waals surface area contributed by atoms with Gasteiger partial charge in [-0.05, 0) is 60.3 Å². The number of hydrogen-bond acceptors (Lipinski definition) is 4. The summed E-state index contributed by atoms with van der Waals surface area (Å²) >= 11 is 0. The molecular formula is C23H28N2O2. The normalized spacial score (nSPS) is 16.1. The van der Waals surface area contributed by atoms with Crippen LogP contribution in [0.2, 0.25) is 0 Å². The van der Waals surface area contributed by atoms with Gasteiger partial charge in [0.1, 0.15) is 11.4 Å². The first kappa shape index (κ1) is 19.3. The molecule has 1 aliphatic rings. The molecule has 0 saturated carbocycles. The van der Waals surface area contributed by atoms with Crippen LogP contribution in [-0.4, -0.2) is 29.6 Å². The van der Waals surface area contributed by atoms with E-state index in [9.17, 15) is 10.0 Å². The Morgan fingerprint density at radius 3 is 2.41 bits per heavy atom. The fourth-order valence-electron chi connectivity index (χ4n) is 4.01. The number of hydrogen-bond donors (Lipinski definition) is 1. The van der Waals surface area contributed by atoms with Gasteiger partial charge in [0.15, 0.2) is 0 Å². The van der Waals surface area contributed by atoms with Crippen molar-refractivity contribution in [1.29, 1.82) is 0 Å². The van der Waals surface area contributed by atoms with E-state index < -0.39 is 0 Å². The van der Waals surface area contributed by atoms with E-state index in [0.29, 0.717) is 6.42 Å². The van der Waals surface area contributed by atoms with Crippen LogP contribution in [0.5, 0.6) is 5.75 Å². The zero-order valence-corrected chi connectivity index (χ0v) is 16.2. The standard InChI is InChI=1S/C23H28N2O2/c1-3-12-25(13-4-2)16-19-14-18(17-8-6-5-7-9-17)15-21-20(19)10-11-22(24-27)23(21)26/h5-11,14,18,26H,3-4,12-13,15-16H2,1-2H3. The second kappa shape index (κ2) is 8.96. The van der Waals surface area contributed by atoms with Gasteiger partial charge in [-0.3, -0.25) is 4.90 Å². The van der Waals surface area contributed by atoms with Crippen LogP contribution in [-0.2, 0) is 6.42 Å². The molecule has 1 unspecified atom stereocenters. The van der Waals surface area contributed by atoms with Crippen LogP contribution in [0.15, 0.2) is 53.7 Å². The SMILES string of the molecule is CCCN(CCC)CC1=CC(c2ccccc2)Cc2c1ccc(N=O)c2O. The number of phenolic OH excluding ortho intramolecular Hbond substituents is 1. The molecule has 1 aliphatic carbocycles. The highest BCUT2D eigenvalue weighted by molar-refractivity contribution is 5.77. The van der Waals surface area contributed by atoms with Crippen LogP contribution in [0.1, 0.15) is 49.3 Å². The number of allylic oxidation sites excluding steroid dienone is 1. The molecule has 0 aromatic heterocycles. The zero-order chi connectivity index (χ0) is 19.2. The highest BCUT2D eigenvalue weighted by Gasteiger charge is 2.25. The molecule has 142 valence electrons. The molecule has 0 aliphatic heterocycles. The molecule has 2 aromatic rings. The van der Waals surface area contributed by atoms with Gasteiger partial charge < -0.3 is 5.11 Å². The maximum Gasteiger partial charge on any atom is 0.149 e. The minimum Gasteiger partial charge on any atom is -0.505 e. The smallest absolute Gasteiger partial charge is 0.149 e. The Hall–Kier alpha value is -2.46. The maximum absolute atomic E-state index is 11.1. The summed E-state index contributed by atoms with van der Waals surface area (Å²) in [4.78, 5) is 13.5. The van der Waals surface area contributed by atoms with Crippen molar-refractivity contribution in [2.24, 2.45) is 5.18 Å². The Morgan fingerprint density at radius 1 is 1.07 bits per heavy atom. The first-order chi connectivity index (χ1) is 13.2. The summed E-state index contributed by atoms with van der Waals surface area (Å²) in [7, 11) is 0. The summed E-state index contributed by atoms with van der Waals surface area (Å²) in [6, 6.07) is 13.9. The van der Waals surface area contributed by atoms with E-state index in [0.717, 1.165) is 43.6 Å². The van der Waals surface area contributed by atoms with E-state index in [1.165, 1.54) is 11.1 Å². The molecule has 4 heteroatoms. The van der Waals surface area contributed by atoms with Crippen molar-refractivity contribution in [2.75, 3.05) is 19.6 Å². The lowest BCUT2D eigenvalue weighted by Gasteiger charge is -2.29. The van der Waals surface area contributed by atoms with Crippen molar-refractivity contribution in [1.82, 2.24) is 4.90 Å². The topological polar surface area (TPSA) is 52.9 Å². The molecule has 0 radical (unpaired) electrons. The number of nitroso groups, excluding NO2 is 1. The van der Waals surface area contributed by atoms with Crippen molar-refractivity contribution in [2.45, 2.75) is 39.0 Å². The minimum absolute atomic E-state index is 0.0339. The lowest BCUT2D eigenvalue weighted by Crippen LogP contribution is -2.28. The predicted molar refractivity (Wildman–Crippen MR) is 111 cm³/mol. The first-order valence-electron chi connectivity index (χ1n) is 9.84. The lowest BCUT2D eigenvalue weighted by molar-refractivity contribution is 0.307. The van der Waals surface area contributed by atoms with Gasteiger partial charge in [0.05, 0.1) is 0 Å². The average molecular weight is 364 g/mol. The maximum atomic E-state index is 11.1. The minimum atomic E-state index is 0.0339. The molecule has 4 nitrogen and oxygen atoms in total. The zero-order valence-electron chi connectivity index (χ0n) is 16.2. The molecule has 0 heterocycles. The third kappa shape index (κ3) is 4.28. The van der Waals surface area contributed by atoms with Gasteiger partial charge in [0, 0.05) is 18.0 Å². The van der Waals surface area contributed by atoms with Gasteiger partial charge >= 0.3 is 0 Å². The van der Waals surface area contributed by atoms with Crippen molar-refractivity contribution in [3.05, 3.63) is 70.1 Å². The molecule has 0 fully saturated rings. The van der Waals surface area contributed by atoms with Crippen molar-refractivity contribution < 1.29 is 5.11 Å². The number of aromatic hydroxyl groups is 1. The van der Waals surface area contributed by atoms with E-state index in [1.807, 2.05) is 24.3 Å². The van der Waals surface area contributed by atoms with Crippen LogP contribution in [0, 0.1) is 4.91 Å². The van der Waals surface area contributed by atoms with E-state index in [-0.39, 0.29) is 17.4 Å². The molecule has 2 aromatic carbocycles. The number of fused-ring (bicyclic) bond motifs is 1. The molecule has 27 heavy (non-hydrogen) atoms. The number of rotatable bonds is 8. The molecule has 0 bridgehead atoms. The van der Waals surface area contributed by atoms with Crippen LogP contribution in [0.3, 0.4) is 0 Å². The van der Waals surface area contributed by atoms with Crippen molar-refractivity contribution in [3.8, 4) is 5.75 Å². The Bertz CT molecular complexity index is 809. The highest BCUT2D eigenvalue weighted by atomic mass is 16.3. The Kier molecular flexibility index (Phi) is 6.40. The van der Waals surface area contributed by atoms with Gasteiger partial charge in [-0.15, -0.1) is 4.91 Å². The van der Waals surface area contributed by atoms with E-state index in [1.54, 1.807) is 6.07 Å². The number of phenols is 1. The van der Waals surface area contributed by atoms with Crippen LogP contribution >= 0.6 is 0 Å². The predicted octanol–water partition coefficient (Wildman–Crippen LogP) is 5.64. The van der Waals surface area contributed by atoms with Gasteiger partial charge in [0.25, 0.3) is 0 Å². The summed E-state index contributed by atoms with van der Waals surface area (Å²) in [6.07, 6.45) is 5.24. The van der Waals surface area contributed by atoms with Crippen molar-refractivity contribution in [3.63, 3.8) is 0 Å². The van der Waals surface area contributed by atoms with Gasteiger partial charge in [-0.1, -0.05) is 56.3 Å². The summed E-state index contributed by atoms with van der Waals surface area (Å²) in [5, 5.41) is 13.6. The van der Waals surface area contributed by atoms with Crippen LogP contribution < -0.4 is 0 Å². The summed E-state index contributed by atoms with van der Waals surface area (Å²) in [6.45, 7) is 7.36. The second-order valence-electron chi connectivity index (χ2n) is 7.24. The van der Waals surface area contributed by atoms with Gasteiger partial charge in [0.2, 0.25) is 0 Å². The highest BCUT2D eigenvalue weighted by Crippen LogP contribution is 2.42. The molecule has 3 rings (SSSR count). The Morgan fingerprint density at radius 2 is 1.78 bits per heavy atom. The summed E-state index contributed by atoms with van der Waals surface area (Å²) in [5.41, 5.74) is 4.46. The van der Waals surface area contributed by atoms with E-state index >= 15 is 0 Å². The van der Waals surface area contributed by atoms with Crippen LogP contribution in [0.25, 0.3) is 5.57 Å². The lowest BCUT2D eigenvalue weighted by atomic mass is 9.80. The molecular weight excluding hydrogens is 336 g/mol. The summed E-state index contributed by atoms with van der Waals surface area (Å²) < 4.78 is 0. The van der Waals surface area contributed by atoms with Gasteiger partial charge in [-0.25, -0.2) is 0 Å². The number of nitrogens with zero attached hydrogens (tertiary/aromatic N) is 2. The molecule has 1 atom stereocenters. The van der Waals surface area contributed by atoms with Crippen LogP contribution in [0.4, 0.5) is 5.69 Å². The monoisotopic (exact) mass is 364 g/mol. The van der Waals surface area contributed by atoms with Crippen molar-refractivity contribution >= 4 is 11.3 Å². The fraction of sp³-hybridized carbons (Fsp3) is 0.391. The first-order valence-corrected chi connectivity index (χ1v) is 9.84. The molecule has 0 amide bonds. The Balaban J connectivity index is 2.03. The van der Waals surface area contributed by atoms with Gasteiger partial charge in [-0.2, -0.15) is 0 Å². The van der Waals surface area contributed by atoms with E-state index in [2.05, 4.69) is 42.1 Å². The third-order valence-electron chi connectivity index (χ3n) is 5.23. The molecule has 1 N–H and O–H groups in total. The summed E-state index contributed by atoms with van der Waals surface area (Å²) in [5.74, 6) is 0.221. The molecule has 0 spiro atoms. The number of benzene rings is 2. The largest absolute Gasteiger partial charge is 0.505 e. The average Bonchev–Trinajstić information content (AvgIpc) is 2.69. The molecule has 0 saturated heterocycles. The fourth-order valence-corrected chi connectivity index (χ4v) is 4.01. The van der Waals surface area contributed by atoms with E-state index in [4.69, 9.17) is 0 Å². The third-order valence-corrected chi connectivity index (χ3v) is 5.23. The quantitative estimate of drug-likeness (QED) is 0.617. The second-order valence-corrected chi connectivity index (χ2v) is 7.24.